The van der Waals surface area contributed by atoms with Gasteiger partial charge in [-0.15, -0.1) is 0 Å². The third-order valence-electron chi connectivity index (χ3n) is 4.96. The van der Waals surface area contributed by atoms with E-state index in [4.69, 9.17) is 0 Å². The van der Waals surface area contributed by atoms with Crippen molar-refractivity contribution in [3.05, 3.63) is 24.5 Å². The summed E-state index contributed by atoms with van der Waals surface area (Å²) in [5.41, 5.74) is 1.70. The molecule has 3 heterocycles. The lowest BCUT2D eigenvalue weighted by atomic mass is 9.72. The van der Waals surface area contributed by atoms with Gasteiger partial charge in [-0.3, -0.25) is 9.78 Å². The number of amides is 1. The number of carbonyl (C=O) groups is 1. The van der Waals surface area contributed by atoms with Gasteiger partial charge in [0, 0.05) is 51.2 Å². The van der Waals surface area contributed by atoms with Crippen molar-refractivity contribution in [2.24, 2.45) is 5.41 Å². The van der Waals surface area contributed by atoms with Gasteiger partial charge in [-0.1, -0.05) is 0 Å². The second-order valence-corrected chi connectivity index (χ2v) is 6.24. The van der Waals surface area contributed by atoms with Gasteiger partial charge in [-0.05, 0) is 43.2 Å². The number of anilines is 1. The number of hydrogen-bond donors (Lipinski definition) is 0. The first kappa shape index (κ1) is 13.4. The summed E-state index contributed by atoms with van der Waals surface area (Å²) in [6.45, 7) is 5.81. The first-order valence-electron chi connectivity index (χ1n) is 7.59. The van der Waals surface area contributed by atoms with Gasteiger partial charge in [-0.2, -0.15) is 0 Å². The molecule has 1 aromatic rings. The molecule has 2 aliphatic rings. The monoisotopic (exact) mass is 273 g/mol. The van der Waals surface area contributed by atoms with Gasteiger partial charge in [0.25, 0.3) is 0 Å². The van der Waals surface area contributed by atoms with Crippen molar-refractivity contribution >= 4 is 11.6 Å². The molecule has 0 unspecified atom stereocenters. The normalized spacial score (nSPS) is 22.1. The Morgan fingerprint density at radius 3 is 2.50 bits per heavy atom. The van der Waals surface area contributed by atoms with Crippen molar-refractivity contribution in [2.45, 2.75) is 32.6 Å². The van der Waals surface area contributed by atoms with E-state index in [0.29, 0.717) is 5.41 Å². The van der Waals surface area contributed by atoms with Gasteiger partial charge in [0.2, 0.25) is 5.91 Å². The first-order valence-corrected chi connectivity index (χ1v) is 7.59. The van der Waals surface area contributed by atoms with Gasteiger partial charge in [0.1, 0.15) is 0 Å². The van der Waals surface area contributed by atoms with Crippen molar-refractivity contribution < 1.29 is 4.79 Å². The number of carbonyl (C=O) groups excluding carboxylic acids is 1. The van der Waals surface area contributed by atoms with Gasteiger partial charge in [0.15, 0.2) is 0 Å². The molecule has 108 valence electrons. The topological polar surface area (TPSA) is 36.4 Å². The van der Waals surface area contributed by atoms with Crippen molar-refractivity contribution in [3.8, 4) is 0 Å². The van der Waals surface area contributed by atoms with Crippen LogP contribution in [-0.2, 0) is 4.79 Å². The fraction of sp³-hybridized carbons (Fsp3) is 0.625. The quantitative estimate of drug-likeness (QED) is 0.788. The van der Waals surface area contributed by atoms with Gasteiger partial charge in [-0.25, -0.2) is 0 Å². The van der Waals surface area contributed by atoms with Crippen molar-refractivity contribution in [2.75, 3.05) is 31.1 Å². The average Bonchev–Trinajstić information content (AvgIpc) is 2.49. The number of rotatable bonds is 1. The number of aromatic nitrogens is 1. The number of hydrogen-bond acceptors (Lipinski definition) is 3. The highest BCUT2D eigenvalue weighted by molar-refractivity contribution is 5.73. The molecule has 0 aromatic carbocycles. The molecule has 1 aromatic heterocycles. The molecule has 4 nitrogen and oxygen atoms in total. The summed E-state index contributed by atoms with van der Waals surface area (Å²) in [5, 5.41) is 0. The molecule has 1 spiro atoms. The number of piperidine rings is 2. The zero-order valence-electron chi connectivity index (χ0n) is 12.2. The van der Waals surface area contributed by atoms with Gasteiger partial charge in [0.05, 0.1) is 0 Å². The van der Waals surface area contributed by atoms with Crippen LogP contribution in [0.15, 0.2) is 24.5 Å². The van der Waals surface area contributed by atoms with E-state index < -0.39 is 0 Å². The van der Waals surface area contributed by atoms with Crippen LogP contribution in [0, 0.1) is 5.41 Å². The molecular weight excluding hydrogens is 250 g/mol. The molecule has 0 radical (unpaired) electrons. The Kier molecular flexibility index (Phi) is 3.64. The van der Waals surface area contributed by atoms with Crippen LogP contribution in [0.1, 0.15) is 32.6 Å². The predicted molar refractivity (Wildman–Crippen MR) is 79.6 cm³/mol. The van der Waals surface area contributed by atoms with Crippen LogP contribution >= 0.6 is 0 Å². The summed E-state index contributed by atoms with van der Waals surface area (Å²) in [6, 6.07) is 4.20. The van der Waals surface area contributed by atoms with Crippen LogP contribution in [0.4, 0.5) is 5.69 Å². The maximum absolute atomic E-state index is 11.5. The largest absolute Gasteiger partial charge is 0.371 e. The lowest BCUT2D eigenvalue weighted by Crippen LogP contribution is -2.50. The van der Waals surface area contributed by atoms with Crippen molar-refractivity contribution in [3.63, 3.8) is 0 Å². The van der Waals surface area contributed by atoms with Crippen molar-refractivity contribution in [1.29, 1.82) is 0 Å². The Bertz CT molecular complexity index is 466. The van der Waals surface area contributed by atoms with E-state index in [1.165, 1.54) is 18.5 Å². The van der Waals surface area contributed by atoms with Gasteiger partial charge >= 0.3 is 0 Å². The third-order valence-corrected chi connectivity index (χ3v) is 4.96. The minimum absolute atomic E-state index is 0.224. The Morgan fingerprint density at radius 2 is 1.85 bits per heavy atom. The third kappa shape index (κ3) is 2.65. The molecule has 20 heavy (non-hydrogen) atoms. The standard InChI is InChI=1S/C16H23N3O/c1-14(20)18-11-6-16(7-12-18)5-2-10-19(13-16)15-3-8-17-9-4-15/h3-4,8-9H,2,5-7,10-13H2,1H3. The first-order chi connectivity index (χ1) is 9.69. The summed E-state index contributed by atoms with van der Waals surface area (Å²) < 4.78 is 0. The molecular formula is C16H23N3O. The predicted octanol–water partition coefficient (Wildman–Crippen LogP) is 2.31. The van der Waals surface area contributed by atoms with Gasteiger partial charge < -0.3 is 9.80 Å². The Hall–Kier alpha value is -1.58. The minimum atomic E-state index is 0.224. The highest BCUT2D eigenvalue weighted by Crippen LogP contribution is 2.40. The fourth-order valence-electron chi connectivity index (χ4n) is 3.69. The fourth-order valence-corrected chi connectivity index (χ4v) is 3.69. The molecule has 1 amide bonds. The second kappa shape index (κ2) is 5.43. The smallest absolute Gasteiger partial charge is 0.219 e. The molecule has 3 rings (SSSR count). The SMILES string of the molecule is CC(=O)N1CCC2(CCCN(c3ccncc3)C2)CC1. The zero-order valence-corrected chi connectivity index (χ0v) is 12.2. The summed E-state index contributed by atoms with van der Waals surface area (Å²) in [6.07, 6.45) is 8.59. The molecule has 4 heteroatoms. The Morgan fingerprint density at radius 1 is 1.15 bits per heavy atom. The van der Waals surface area contributed by atoms with Crippen LogP contribution in [0.3, 0.4) is 0 Å². The second-order valence-electron chi connectivity index (χ2n) is 6.24. The zero-order chi connectivity index (χ0) is 14.0. The van der Waals surface area contributed by atoms with Crippen LogP contribution < -0.4 is 4.90 Å². The molecule has 0 atom stereocenters. The Balaban J connectivity index is 1.68. The van der Waals surface area contributed by atoms with E-state index in [1.807, 2.05) is 17.3 Å². The average molecular weight is 273 g/mol. The van der Waals surface area contributed by atoms with Crippen LogP contribution in [0.25, 0.3) is 0 Å². The molecule has 0 aliphatic carbocycles. The highest BCUT2D eigenvalue weighted by Gasteiger charge is 2.38. The summed E-state index contributed by atoms with van der Waals surface area (Å²) >= 11 is 0. The lowest BCUT2D eigenvalue weighted by molar-refractivity contribution is -0.131. The van der Waals surface area contributed by atoms with E-state index >= 15 is 0 Å². The summed E-state index contributed by atoms with van der Waals surface area (Å²) in [4.78, 5) is 20.1. The van der Waals surface area contributed by atoms with Crippen LogP contribution in [0.2, 0.25) is 0 Å². The summed E-state index contributed by atoms with van der Waals surface area (Å²) in [5.74, 6) is 0.224. The Labute approximate surface area is 120 Å². The van der Waals surface area contributed by atoms with E-state index in [-0.39, 0.29) is 5.91 Å². The maximum atomic E-state index is 11.5. The van der Waals surface area contributed by atoms with Crippen molar-refractivity contribution in [1.82, 2.24) is 9.88 Å². The molecule has 2 aliphatic heterocycles. The van der Waals surface area contributed by atoms with E-state index in [9.17, 15) is 4.79 Å². The number of likely N-dealkylation sites (tertiary alicyclic amines) is 1. The molecule has 0 bridgehead atoms. The maximum Gasteiger partial charge on any atom is 0.219 e. The molecule has 0 N–H and O–H groups in total. The number of pyridine rings is 1. The van der Waals surface area contributed by atoms with E-state index in [0.717, 1.165) is 39.0 Å². The lowest BCUT2D eigenvalue weighted by Gasteiger charge is -2.48. The van der Waals surface area contributed by atoms with E-state index in [2.05, 4.69) is 22.0 Å². The minimum Gasteiger partial charge on any atom is -0.371 e. The number of nitrogens with zero attached hydrogens (tertiary/aromatic N) is 3. The molecule has 2 saturated heterocycles. The van der Waals surface area contributed by atoms with Crippen LogP contribution in [0.5, 0.6) is 0 Å². The summed E-state index contributed by atoms with van der Waals surface area (Å²) in [7, 11) is 0. The van der Waals surface area contributed by atoms with Crippen LogP contribution in [-0.4, -0.2) is 42.0 Å². The van der Waals surface area contributed by atoms with E-state index in [1.54, 1.807) is 6.92 Å². The molecule has 2 fully saturated rings. The molecule has 0 saturated carbocycles. The highest BCUT2D eigenvalue weighted by atomic mass is 16.2.